The molecule has 7 heteroatoms. The number of esters is 2. The Morgan fingerprint density at radius 2 is 1.68 bits per heavy atom. The second-order valence-corrected chi connectivity index (χ2v) is 5.50. The molecule has 5 nitrogen and oxygen atoms in total. The van der Waals surface area contributed by atoms with Crippen LogP contribution >= 0.6 is 22.9 Å². The van der Waals surface area contributed by atoms with Gasteiger partial charge in [-0.05, 0) is 12.1 Å². The molecule has 0 saturated carbocycles. The summed E-state index contributed by atoms with van der Waals surface area (Å²) in [6.07, 6.45) is 0. The lowest BCUT2D eigenvalue weighted by Gasteiger charge is -2.17. The maximum atomic E-state index is 12.2. The Morgan fingerprint density at radius 3 is 2.05 bits per heavy atom. The van der Waals surface area contributed by atoms with Crippen molar-refractivity contribution in [3.8, 4) is 0 Å². The fourth-order valence-electron chi connectivity index (χ4n) is 1.58. The quantitative estimate of drug-likeness (QED) is 0.474. The Labute approximate surface area is 119 Å². The maximum Gasteiger partial charge on any atom is 0.320 e. The van der Waals surface area contributed by atoms with E-state index in [4.69, 9.17) is 11.6 Å². The molecular formula is C12H13ClO5S. The Morgan fingerprint density at radius 1 is 1.16 bits per heavy atom. The number of ketones is 1. The molecule has 1 rings (SSSR count). The van der Waals surface area contributed by atoms with Crippen molar-refractivity contribution in [3.63, 3.8) is 0 Å². The molecule has 104 valence electrons. The number of hydrogen-bond acceptors (Lipinski definition) is 6. The fraction of sp³-hybridized carbons (Fsp3) is 0.417. The van der Waals surface area contributed by atoms with Crippen LogP contribution in [-0.2, 0) is 19.1 Å². The molecule has 0 aromatic carbocycles. The Balaban J connectivity index is 2.99. The first-order valence-electron chi connectivity index (χ1n) is 5.37. The van der Waals surface area contributed by atoms with Gasteiger partial charge in [0.1, 0.15) is 0 Å². The van der Waals surface area contributed by atoms with Crippen molar-refractivity contribution >= 4 is 40.7 Å². The Kier molecular flexibility index (Phi) is 5.50. The second-order valence-electron chi connectivity index (χ2n) is 3.78. The molecule has 0 saturated heterocycles. The predicted molar refractivity (Wildman–Crippen MR) is 70.3 cm³/mol. The molecule has 0 amide bonds. The summed E-state index contributed by atoms with van der Waals surface area (Å²) in [5, 5.41) is 0. The largest absolute Gasteiger partial charge is 0.468 e. The van der Waals surface area contributed by atoms with Gasteiger partial charge in [-0.2, -0.15) is 0 Å². The van der Waals surface area contributed by atoms with Crippen molar-refractivity contribution in [2.45, 2.75) is 6.92 Å². The van der Waals surface area contributed by atoms with Gasteiger partial charge < -0.3 is 9.47 Å². The third-order valence-electron chi connectivity index (χ3n) is 2.64. The zero-order valence-corrected chi connectivity index (χ0v) is 12.2. The third kappa shape index (κ3) is 3.54. The summed E-state index contributed by atoms with van der Waals surface area (Å²) in [6, 6.07) is 3.13. The topological polar surface area (TPSA) is 69.7 Å². The van der Waals surface area contributed by atoms with Crippen molar-refractivity contribution in [1.29, 1.82) is 0 Å². The monoisotopic (exact) mass is 304 g/mol. The van der Waals surface area contributed by atoms with E-state index in [2.05, 4.69) is 9.47 Å². The molecule has 0 N–H and O–H groups in total. The lowest BCUT2D eigenvalue weighted by atomic mass is 9.89. The van der Waals surface area contributed by atoms with Crippen molar-refractivity contribution in [2.24, 2.45) is 11.8 Å². The summed E-state index contributed by atoms with van der Waals surface area (Å²) in [7, 11) is 2.30. The first kappa shape index (κ1) is 15.7. The smallest absolute Gasteiger partial charge is 0.320 e. The van der Waals surface area contributed by atoms with E-state index in [-0.39, 0.29) is 5.78 Å². The van der Waals surface area contributed by atoms with Gasteiger partial charge in [-0.15, -0.1) is 11.3 Å². The average Bonchev–Trinajstić information content (AvgIpc) is 2.83. The van der Waals surface area contributed by atoms with Crippen LogP contribution < -0.4 is 0 Å². The van der Waals surface area contributed by atoms with Crippen molar-refractivity contribution < 1.29 is 23.9 Å². The van der Waals surface area contributed by atoms with Gasteiger partial charge in [0.05, 0.1) is 23.4 Å². The van der Waals surface area contributed by atoms with E-state index < -0.39 is 23.8 Å². The van der Waals surface area contributed by atoms with Crippen LogP contribution in [0.25, 0.3) is 0 Å². The number of carbonyl (C=O) groups excluding carboxylic acids is 3. The van der Waals surface area contributed by atoms with Crippen molar-refractivity contribution in [1.82, 2.24) is 0 Å². The van der Waals surface area contributed by atoms with Crippen LogP contribution in [0.1, 0.15) is 16.6 Å². The molecule has 0 bridgehead atoms. The number of hydrogen-bond donors (Lipinski definition) is 0. The molecule has 1 atom stereocenters. The Hall–Kier alpha value is -1.40. The molecule has 1 unspecified atom stereocenters. The number of carbonyl (C=O) groups is 3. The zero-order chi connectivity index (χ0) is 14.6. The molecule has 1 aromatic heterocycles. The van der Waals surface area contributed by atoms with E-state index in [1.54, 1.807) is 12.1 Å². The molecule has 19 heavy (non-hydrogen) atoms. The van der Waals surface area contributed by atoms with Crippen LogP contribution in [0.3, 0.4) is 0 Å². The number of rotatable bonds is 5. The van der Waals surface area contributed by atoms with Gasteiger partial charge in [0.2, 0.25) is 0 Å². The van der Waals surface area contributed by atoms with Gasteiger partial charge in [-0.25, -0.2) is 0 Å². The van der Waals surface area contributed by atoms with Gasteiger partial charge in [0.15, 0.2) is 11.7 Å². The van der Waals surface area contributed by atoms with Gasteiger partial charge in [0, 0.05) is 5.92 Å². The van der Waals surface area contributed by atoms with Crippen LogP contribution in [0.15, 0.2) is 12.1 Å². The van der Waals surface area contributed by atoms with Gasteiger partial charge >= 0.3 is 11.9 Å². The molecule has 0 radical (unpaired) electrons. The molecule has 0 fully saturated rings. The van der Waals surface area contributed by atoms with Crippen LogP contribution in [0, 0.1) is 11.8 Å². The minimum absolute atomic E-state index is 0.349. The fourth-order valence-corrected chi connectivity index (χ4v) is 2.66. The van der Waals surface area contributed by atoms with Crippen LogP contribution in [0.2, 0.25) is 4.34 Å². The van der Waals surface area contributed by atoms with E-state index in [0.717, 1.165) is 25.6 Å². The van der Waals surface area contributed by atoms with Gasteiger partial charge in [-0.3, -0.25) is 14.4 Å². The number of halogens is 1. The highest BCUT2D eigenvalue weighted by molar-refractivity contribution is 7.18. The lowest BCUT2D eigenvalue weighted by Crippen LogP contribution is -2.35. The molecule has 0 aliphatic heterocycles. The van der Waals surface area contributed by atoms with E-state index in [1.165, 1.54) is 6.92 Å². The van der Waals surface area contributed by atoms with E-state index in [1.807, 2.05) is 0 Å². The van der Waals surface area contributed by atoms with Gasteiger partial charge in [-0.1, -0.05) is 18.5 Å². The van der Waals surface area contributed by atoms with Crippen LogP contribution in [0.5, 0.6) is 0 Å². The van der Waals surface area contributed by atoms with E-state index in [0.29, 0.717) is 9.21 Å². The van der Waals surface area contributed by atoms with E-state index >= 15 is 0 Å². The molecule has 1 aromatic rings. The first-order chi connectivity index (χ1) is 8.92. The number of thiophene rings is 1. The summed E-state index contributed by atoms with van der Waals surface area (Å²) in [4.78, 5) is 35.8. The lowest BCUT2D eigenvalue weighted by molar-refractivity contribution is -0.160. The van der Waals surface area contributed by atoms with Crippen LogP contribution in [0.4, 0.5) is 0 Å². The zero-order valence-electron chi connectivity index (χ0n) is 10.6. The standard InChI is InChI=1S/C12H13ClO5S/c1-6(9(11(15)17-2)12(16)18-3)10(14)7-4-5-8(13)19-7/h4-6,9H,1-3H3. The highest BCUT2D eigenvalue weighted by Gasteiger charge is 2.38. The second kappa shape index (κ2) is 6.68. The maximum absolute atomic E-state index is 12.2. The molecule has 0 aliphatic carbocycles. The van der Waals surface area contributed by atoms with Gasteiger partial charge in [0.25, 0.3) is 0 Å². The first-order valence-corrected chi connectivity index (χ1v) is 6.57. The molecular weight excluding hydrogens is 292 g/mol. The molecule has 0 aliphatic rings. The summed E-state index contributed by atoms with van der Waals surface area (Å²) >= 11 is 6.84. The highest BCUT2D eigenvalue weighted by Crippen LogP contribution is 2.27. The van der Waals surface area contributed by atoms with E-state index in [9.17, 15) is 14.4 Å². The van der Waals surface area contributed by atoms with Crippen molar-refractivity contribution in [3.05, 3.63) is 21.3 Å². The third-order valence-corrected chi connectivity index (χ3v) is 3.89. The molecule has 1 heterocycles. The number of methoxy groups -OCH3 is 2. The summed E-state index contributed by atoms with van der Waals surface area (Å²) in [5.74, 6) is -4.10. The average molecular weight is 305 g/mol. The minimum Gasteiger partial charge on any atom is -0.468 e. The number of Topliss-reactive ketones (excluding diaryl/α,β-unsaturated/α-hetero) is 1. The highest BCUT2D eigenvalue weighted by atomic mass is 35.5. The minimum atomic E-state index is -1.27. The summed E-state index contributed by atoms with van der Waals surface area (Å²) in [6.45, 7) is 1.48. The summed E-state index contributed by atoms with van der Waals surface area (Å²) < 4.78 is 9.53. The molecule has 0 spiro atoms. The van der Waals surface area contributed by atoms with Crippen LogP contribution in [-0.4, -0.2) is 31.9 Å². The normalized spacial score (nSPS) is 12.1. The summed E-state index contributed by atoms with van der Waals surface area (Å²) in [5.41, 5.74) is 0. The predicted octanol–water partition coefficient (Wildman–Crippen LogP) is 2.18. The Bertz CT molecular complexity index is 480. The van der Waals surface area contributed by atoms with Crippen molar-refractivity contribution in [2.75, 3.05) is 14.2 Å². The number of ether oxygens (including phenoxy) is 2. The SMILES string of the molecule is COC(=O)C(C(=O)OC)C(C)C(=O)c1ccc(Cl)s1.